The highest BCUT2D eigenvalue weighted by Gasteiger charge is 2.20. The number of fused-ring (bicyclic) bond motifs is 2. The first-order chi connectivity index (χ1) is 16.7. The van der Waals surface area contributed by atoms with Crippen molar-refractivity contribution in [1.82, 2.24) is 14.5 Å². The fraction of sp³-hybridized carbons (Fsp3) is 0.115. The van der Waals surface area contributed by atoms with E-state index in [4.69, 9.17) is 18.8 Å². The molecule has 0 saturated carbocycles. The van der Waals surface area contributed by atoms with Gasteiger partial charge < -0.3 is 13.7 Å². The van der Waals surface area contributed by atoms with Crippen LogP contribution in [0.4, 0.5) is 11.5 Å². The van der Waals surface area contributed by atoms with Crippen molar-refractivity contribution in [1.29, 1.82) is 0 Å². The van der Waals surface area contributed by atoms with E-state index in [-0.39, 0.29) is 0 Å². The van der Waals surface area contributed by atoms with Gasteiger partial charge in [-0.2, -0.15) is 0 Å². The maximum atomic E-state index is 5.43. The van der Waals surface area contributed by atoms with Gasteiger partial charge in [0.1, 0.15) is 18.7 Å². The molecule has 0 radical (unpaired) electrons. The minimum Gasteiger partial charge on any atom is -0.433 e. The number of imidazole rings is 1. The zero-order chi connectivity index (χ0) is 23.1. The summed E-state index contributed by atoms with van der Waals surface area (Å²) in [5, 5.41) is 0.905. The van der Waals surface area contributed by atoms with E-state index in [9.17, 15) is 0 Å². The van der Waals surface area contributed by atoms with Crippen LogP contribution in [0.5, 0.6) is 0 Å². The number of aromatic nitrogens is 4. The molecule has 0 fully saturated rings. The summed E-state index contributed by atoms with van der Waals surface area (Å²) >= 11 is 0. The zero-order valence-electron chi connectivity index (χ0n) is 18.8. The van der Waals surface area contributed by atoms with Gasteiger partial charge in [0.2, 0.25) is 0 Å². The van der Waals surface area contributed by atoms with Crippen LogP contribution in [0, 0.1) is 0 Å². The van der Waals surface area contributed by atoms with Crippen molar-refractivity contribution in [2.45, 2.75) is 0 Å². The molecule has 0 saturated heterocycles. The summed E-state index contributed by atoms with van der Waals surface area (Å²) in [6.07, 6.45) is 9.13. The second kappa shape index (κ2) is 8.08. The van der Waals surface area contributed by atoms with E-state index < -0.39 is 0 Å². The van der Waals surface area contributed by atoms with Gasteiger partial charge >= 0.3 is 0 Å². The fourth-order valence-corrected chi connectivity index (χ4v) is 4.32. The minimum atomic E-state index is 0.395. The Kier molecular flexibility index (Phi) is 4.76. The van der Waals surface area contributed by atoms with Crippen LogP contribution >= 0.6 is 0 Å². The van der Waals surface area contributed by atoms with E-state index in [1.165, 1.54) is 0 Å². The number of pyridine rings is 1. The number of aliphatic imine (C=N–C) groups is 1. The number of hydrogen-bond donors (Lipinski definition) is 1. The number of anilines is 2. The van der Waals surface area contributed by atoms with Crippen LogP contribution in [0.15, 0.2) is 93.5 Å². The number of aryl methyl sites for hydroxylation is 2. The molecular weight excluding hydrogens is 428 g/mol. The Bertz CT molecular complexity index is 1620. The normalized spacial score (nSPS) is 11.8. The lowest BCUT2D eigenvalue weighted by atomic mass is 10.2. The molecule has 0 amide bonds. The van der Waals surface area contributed by atoms with Crippen LogP contribution in [0.1, 0.15) is 5.56 Å². The molecule has 34 heavy (non-hydrogen) atoms. The number of benzene rings is 1. The minimum absolute atomic E-state index is 0.395. The fourth-order valence-electron chi connectivity index (χ4n) is 4.32. The van der Waals surface area contributed by atoms with Gasteiger partial charge in [-0.25, -0.2) is 9.55 Å². The lowest BCUT2D eigenvalue weighted by Crippen LogP contribution is -2.26. The molecule has 6 aromatic rings. The molecule has 0 aliphatic rings. The van der Waals surface area contributed by atoms with Crippen molar-refractivity contribution in [2.24, 2.45) is 19.1 Å². The highest BCUT2D eigenvalue weighted by Crippen LogP contribution is 2.30. The van der Waals surface area contributed by atoms with Crippen LogP contribution in [0.25, 0.3) is 33.6 Å². The number of aromatic amines is 1. The van der Waals surface area contributed by atoms with Crippen molar-refractivity contribution in [2.75, 3.05) is 11.6 Å². The Hall–Kier alpha value is -4.59. The van der Waals surface area contributed by atoms with Gasteiger partial charge in [-0.15, -0.1) is 0 Å². The van der Waals surface area contributed by atoms with Gasteiger partial charge in [0.05, 0.1) is 43.2 Å². The molecule has 5 heterocycles. The summed E-state index contributed by atoms with van der Waals surface area (Å²) < 4.78 is 14.9. The van der Waals surface area contributed by atoms with E-state index in [2.05, 4.69) is 37.3 Å². The van der Waals surface area contributed by atoms with Gasteiger partial charge in [0.15, 0.2) is 11.8 Å². The van der Waals surface area contributed by atoms with E-state index >= 15 is 0 Å². The number of hydrogen-bond acceptors (Lipinski definition) is 5. The highest BCUT2D eigenvalue weighted by atomic mass is 16.5. The standard InChI is InChI=1S/C26H22N6O2/c1-30-14-21(24-25(30)31(2)17-28-24)22-9-6-10-23(29-22)32(19-7-4-3-5-8-19)16-27-13-18-15-34-26-20(18)11-12-33-26/h3-15,17H,16H2,1-2H3/p+1. The maximum Gasteiger partial charge on any atom is 0.297 e. The number of rotatable bonds is 6. The van der Waals surface area contributed by atoms with Crippen LogP contribution in [-0.4, -0.2) is 27.4 Å². The Morgan fingerprint density at radius 1 is 1.12 bits per heavy atom. The lowest BCUT2D eigenvalue weighted by molar-refractivity contribution is -0.647. The van der Waals surface area contributed by atoms with Gasteiger partial charge in [0.25, 0.3) is 11.4 Å². The molecule has 1 aromatic carbocycles. The highest BCUT2D eigenvalue weighted by molar-refractivity contribution is 5.96. The summed E-state index contributed by atoms with van der Waals surface area (Å²) in [6, 6.07) is 18.1. The van der Waals surface area contributed by atoms with E-state index in [1.807, 2.05) is 62.9 Å². The van der Waals surface area contributed by atoms with Crippen LogP contribution < -0.4 is 9.47 Å². The van der Waals surface area contributed by atoms with Crippen LogP contribution in [0.2, 0.25) is 0 Å². The Balaban J connectivity index is 1.37. The third-order valence-corrected chi connectivity index (χ3v) is 5.93. The molecule has 5 aromatic heterocycles. The first-order valence-electron chi connectivity index (χ1n) is 11.0. The third-order valence-electron chi connectivity index (χ3n) is 5.93. The summed E-state index contributed by atoms with van der Waals surface area (Å²) in [5.74, 6) is 1.32. The average molecular weight is 452 g/mol. The summed E-state index contributed by atoms with van der Waals surface area (Å²) in [7, 11) is 4.07. The molecule has 0 aliphatic carbocycles. The Labute approximate surface area is 195 Å². The SMILES string of the molecule is Cn1cc(-c2cccc(N(CN=Cc3coc4occc34)c3ccccc3)n2)c2[nH]c[n+](C)c21. The first-order valence-corrected chi connectivity index (χ1v) is 11.0. The van der Waals surface area contributed by atoms with E-state index in [0.29, 0.717) is 12.4 Å². The molecule has 6 rings (SSSR count). The lowest BCUT2D eigenvalue weighted by Gasteiger charge is -2.22. The van der Waals surface area contributed by atoms with Crippen LogP contribution in [-0.2, 0) is 14.1 Å². The zero-order valence-corrected chi connectivity index (χ0v) is 18.8. The van der Waals surface area contributed by atoms with Gasteiger partial charge in [-0.1, -0.05) is 24.3 Å². The van der Waals surface area contributed by atoms with Crippen molar-refractivity contribution < 1.29 is 13.4 Å². The number of nitrogens with zero attached hydrogens (tertiary/aromatic N) is 5. The molecule has 0 bridgehead atoms. The van der Waals surface area contributed by atoms with Crippen molar-refractivity contribution in [3.63, 3.8) is 0 Å². The molecule has 1 N–H and O–H groups in total. The molecule has 0 atom stereocenters. The van der Waals surface area contributed by atoms with Crippen molar-refractivity contribution in [3.05, 3.63) is 85.2 Å². The summed E-state index contributed by atoms with van der Waals surface area (Å²) in [5.41, 5.74) is 6.00. The summed E-state index contributed by atoms with van der Waals surface area (Å²) in [6.45, 7) is 0.395. The third kappa shape index (κ3) is 3.36. The number of para-hydroxylation sites is 1. The predicted octanol–water partition coefficient (Wildman–Crippen LogP) is 4.95. The topological polar surface area (TPSA) is 79.4 Å². The van der Waals surface area contributed by atoms with E-state index in [1.54, 1.807) is 18.7 Å². The summed E-state index contributed by atoms with van der Waals surface area (Å²) in [4.78, 5) is 15.2. The quantitative estimate of drug-likeness (QED) is 0.287. The molecule has 168 valence electrons. The molecule has 0 aliphatic heterocycles. The largest absolute Gasteiger partial charge is 0.433 e. The Morgan fingerprint density at radius 2 is 2.00 bits per heavy atom. The number of furan rings is 2. The number of nitrogens with one attached hydrogen (secondary N) is 1. The second-order valence-electron chi connectivity index (χ2n) is 8.15. The molecule has 8 heteroatoms. The molecule has 0 unspecified atom stereocenters. The van der Waals surface area contributed by atoms with Gasteiger partial charge in [-0.05, 0) is 30.3 Å². The average Bonchev–Trinajstić information content (AvgIpc) is 3.63. The van der Waals surface area contributed by atoms with E-state index in [0.717, 1.165) is 44.9 Å². The second-order valence-corrected chi connectivity index (χ2v) is 8.15. The molecule has 8 nitrogen and oxygen atoms in total. The van der Waals surface area contributed by atoms with Gasteiger partial charge in [0, 0.05) is 17.5 Å². The van der Waals surface area contributed by atoms with Crippen molar-refractivity contribution >= 4 is 40.0 Å². The first kappa shape index (κ1) is 20.0. The predicted molar refractivity (Wildman–Crippen MR) is 131 cm³/mol. The maximum absolute atomic E-state index is 5.43. The molecular formula is C26H23N6O2+. The number of H-pyrrole nitrogens is 1. The van der Waals surface area contributed by atoms with Crippen LogP contribution in [0.3, 0.4) is 0 Å². The smallest absolute Gasteiger partial charge is 0.297 e. The monoisotopic (exact) mass is 451 g/mol. The van der Waals surface area contributed by atoms with Crippen molar-refractivity contribution in [3.8, 4) is 11.3 Å². The Morgan fingerprint density at radius 3 is 2.88 bits per heavy atom. The van der Waals surface area contributed by atoms with Gasteiger partial charge in [-0.3, -0.25) is 14.5 Å². The molecule has 0 spiro atoms.